The van der Waals surface area contributed by atoms with Crippen molar-refractivity contribution in [2.45, 2.75) is 39.0 Å². The normalized spacial score (nSPS) is 11.4. The van der Waals surface area contributed by atoms with Crippen LogP contribution in [0.4, 0.5) is 17.1 Å². The Balaban J connectivity index is 1.25. The molecule has 1 heterocycles. The van der Waals surface area contributed by atoms with E-state index in [9.17, 15) is 0 Å². The predicted octanol–water partition coefficient (Wildman–Crippen LogP) is 13.4. The molecule has 0 saturated carbocycles. The fraction of sp³-hybridized carbons (Fsp3) is 0.143. The Bertz CT molecular complexity index is 2030. The van der Waals surface area contributed by atoms with Crippen molar-refractivity contribution in [1.29, 1.82) is 0 Å². The highest BCUT2D eigenvalue weighted by Crippen LogP contribution is 2.38. The van der Waals surface area contributed by atoms with Crippen molar-refractivity contribution in [2.24, 2.45) is 0 Å². The fourth-order valence-corrected chi connectivity index (χ4v) is 6.68. The summed E-state index contributed by atoms with van der Waals surface area (Å²) in [7, 11) is 0. The number of hydrogen-bond donors (Lipinski definition) is 0. The van der Waals surface area contributed by atoms with Crippen LogP contribution in [0.15, 0.2) is 140 Å². The van der Waals surface area contributed by atoms with Crippen LogP contribution in [0.1, 0.15) is 38.2 Å². The van der Waals surface area contributed by atoms with E-state index >= 15 is 0 Å². The first-order valence-corrected chi connectivity index (χ1v) is 16.9. The Morgan fingerprint density at radius 1 is 0.522 bits per heavy atom. The summed E-state index contributed by atoms with van der Waals surface area (Å²) in [5, 5.41) is 3.95. The third-order valence-electron chi connectivity index (χ3n) is 8.82. The third kappa shape index (κ3) is 6.16. The molecule has 0 amide bonds. The highest BCUT2D eigenvalue weighted by atomic mass is 35.5. The minimum atomic E-state index is 0.710. The van der Waals surface area contributed by atoms with Gasteiger partial charge in [-0.15, -0.1) is 0 Å². The lowest BCUT2D eigenvalue weighted by Gasteiger charge is -2.25. The number of halogens is 2. The third-order valence-corrected chi connectivity index (χ3v) is 9.32. The summed E-state index contributed by atoms with van der Waals surface area (Å²) >= 11 is 12.5. The van der Waals surface area contributed by atoms with Gasteiger partial charge in [-0.25, -0.2) is 0 Å². The van der Waals surface area contributed by atoms with Gasteiger partial charge in [0.25, 0.3) is 0 Å². The quantitative estimate of drug-likeness (QED) is 0.135. The number of anilines is 3. The van der Waals surface area contributed by atoms with E-state index in [2.05, 4.69) is 107 Å². The molecular weight excluding hydrogens is 603 g/mol. The topological polar surface area (TPSA) is 8.17 Å². The van der Waals surface area contributed by atoms with Crippen molar-refractivity contribution in [2.75, 3.05) is 4.90 Å². The van der Waals surface area contributed by atoms with Crippen LogP contribution in [-0.2, 0) is 6.42 Å². The molecule has 2 nitrogen and oxygen atoms in total. The maximum Gasteiger partial charge on any atom is 0.0547 e. The maximum atomic E-state index is 6.23. The van der Waals surface area contributed by atoms with Gasteiger partial charge in [-0.3, -0.25) is 0 Å². The van der Waals surface area contributed by atoms with Crippen molar-refractivity contribution < 1.29 is 0 Å². The second-order valence-electron chi connectivity index (χ2n) is 11.9. The van der Waals surface area contributed by atoms with Gasteiger partial charge in [0.1, 0.15) is 0 Å². The average Bonchev–Trinajstić information content (AvgIpc) is 3.43. The maximum absolute atomic E-state index is 6.23. The standard InChI is InChI=1S/C42H36Cl2N2/c1-2-3-4-5-8-30-11-20-38(21-12-30)46-41-10-7-6-9-39(41)40-28-15-32(29-42(40)46)31-13-22-35(23-14-31)45(36-24-16-33(43)17-25-36)37-26-18-34(44)19-27-37/h6-7,9-29H,2-5,8H2,1H3. The van der Waals surface area contributed by atoms with Gasteiger partial charge >= 0.3 is 0 Å². The van der Waals surface area contributed by atoms with Gasteiger partial charge in [0.15, 0.2) is 0 Å². The van der Waals surface area contributed by atoms with Crippen molar-refractivity contribution >= 4 is 62.1 Å². The Labute approximate surface area is 281 Å². The van der Waals surface area contributed by atoms with Crippen LogP contribution in [0, 0.1) is 0 Å². The molecule has 46 heavy (non-hydrogen) atoms. The first-order valence-electron chi connectivity index (χ1n) is 16.1. The number of fused-ring (bicyclic) bond motifs is 3. The minimum Gasteiger partial charge on any atom is -0.311 e. The number of para-hydroxylation sites is 1. The summed E-state index contributed by atoms with van der Waals surface area (Å²) in [6.45, 7) is 2.26. The van der Waals surface area contributed by atoms with Crippen LogP contribution in [0.2, 0.25) is 10.0 Å². The van der Waals surface area contributed by atoms with Crippen LogP contribution < -0.4 is 4.90 Å². The summed E-state index contributed by atoms with van der Waals surface area (Å²) in [4.78, 5) is 2.21. The van der Waals surface area contributed by atoms with Crippen LogP contribution in [-0.4, -0.2) is 4.57 Å². The molecule has 7 rings (SSSR count). The van der Waals surface area contributed by atoms with Gasteiger partial charge in [0.05, 0.1) is 11.0 Å². The SMILES string of the molecule is CCCCCCc1ccc(-n2c3ccccc3c3ccc(-c4ccc(N(c5ccc(Cl)cc5)c5ccc(Cl)cc5)cc4)cc32)cc1. The van der Waals surface area contributed by atoms with Crippen molar-refractivity contribution in [3.63, 3.8) is 0 Å². The molecule has 0 N–H and O–H groups in total. The molecule has 7 aromatic rings. The van der Waals surface area contributed by atoms with Crippen LogP contribution >= 0.6 is 23.2 Å². The molecule has 228 valence electrons. The Morgan fingerprint density at radius 2 is 1.09 bits per heavy atom. The summed E-state index contributed by atoms with van der Waals surface area (Å²) in [6.07, 6.45) is 6.27. The van der Waals surface area contributed by atoms with E-state index < -0.39 is 0 Å². The lowest BCUT2D eigenvalue weighted by molar-refractivity contribution is 0.667. The first kappa shape index (κ1) is 30.2. The van der Waals surface area contributed by atoms with Gasteiger partial charge in [-0.2, -0.15) is 0 Å². The van der Waals surface area contributed by atoms with Crippen molar-refractivity contribution in [1.82, 2.24) is 4.57 Å². The fourth-order valence-electron chi connectivity index (χ4n) is 6.43. The van der Waals surface area contributed by atoms with E-state index in [0.29, 0.717) is 10.0 Å². The van der Waals surface area contributed by atoms with E-state index in [-0.39, 0.29) is 0 Å². The first-order chi connectivity index (χ1) is 22.6. The average molecular weight is 640 g/mol. The molecule has 0 radical (unpaired) electrons. The zero-order valence-corrected chi connectivity index (χ0v) is 27.5. The van der Waals surface area contributed by atoms with Crippen LogP contribution in [0.5, 0.6) is 0 Å². The number of rotatable bonds is 10. The largest absolute Gasteiger partial charge is 0.311 e. The monoisotopic (exact) mass is 638 g/mol. The summed E-state index contributed by atoms with van der Waals surface area (Å²) < 4.78 is 2.41. The van der Waals surface area contributed by atoms with Gasteiger partial charge in [0, 0.05) is 43.6 Å². The van der Waals surface area contributed by atoms with Crippen molar-refractivity contribution in [3.05, 3.63) is 155 Å². The zero-order valence-electron chi connectivity index (χ0n) is 26.0. The second-order valence-corrected chi connectivity index (χ2v) is 12.8. The highest BCUT2D eigenvalue weighted by Gasteiger charge is 2.15. The number of hydrogen-bond acceptors (Lipinski definition) is 1. The lowest BCUT2D eigenvalue weighted by Crippen LogP contribution is -2.09. The molecule has 1 aromatic heterocycles. The highest BCUT2D eigenvalue weighted by molar-refractivity contribution is 6.31. The lowest BCUT2D eigenvalue weighted by atomic mass is 10.0. The van der Waals surface area contributed by atoms with E-state index in [1.54, 1.807) is 0 Å². The number of unbranched alkanes of at least 4 members (excludes halogenated alkanes) is 3. The molecule has 0 aliphatic carbocycles. The summed E-state index contributed by atoms with van der Waals surface area (Å²) in [6, 6.07) is 49.3. The number of aryl methyl sites for hydroxylation is 1. The number of benzene rings is 6. The van der Waals surface area contributed by atoms with E-state index in [1.165, 1.54) is 64.3 Å². The molecule has 0 aliphatic rings. The van der Waals surface area contributed by atoms with Crippen LogP contribution in [0.25, 0.3) is 38.6 Å². The molecule has 0 atom stereocenters. The molecule has 0 unspecified atom stereocenters. The Morgan fingerprint density at radius 3 is 1.72 bits per heavy atom. The Kier molecular flexibility index (Phi) is 8.83. The van der Waals surface area contributed by atoms with E-state index in [4.69, 9.17) is 23.2 Å². The predicted molar refractivity (Wildman–Crippen MR) is 199 cm³/mol. The summed E-state index contributed by atoms with van der Waals surface area (Å²) in [5.74, 6) is 0. The molecule has 0 aliphatic heterocycles. The van der Waals surface area contributed by atoms with Gasteiger partial charge in [-0.05, 0) is 114 Å². The number of nitrogens with zero attached hydrogens (tertiary/aromatic N) is 2. The molecular formula is C42H36Cl2N2. The molecule has 0 fully saturated rings. The summed E-state index contributed by atoms with van der Waals surface area (Å²) in [5.41, 5.74) is 10.5. The zero-order chi connectivity index (χ0) is 31.5. The van der Waals surface area contributed by atoms with E-state index in [1.807, 2.05) is 48.5 Å². The second kappa shape index (κ2) is 13.5. The molecule has 0 saturated heterocycles. The smallest absolute Gasteiger partial charge is 0.0547 e. The van der Waals surface area contributed by atoms with Gasteiger partial charge < -0.3 is 9.47 Å². The van der Waals surface area contributed by atoms with Gasteiger partial charge in [-0.1, -0.05) is 104 Å². The molecule has 6 aromatic carbocycles. The van der Waals surface area contributed by atoms with Crippen LogP contribution in [0.3, 0.4) is 0 Å². The minimum absolute atomic E-state index is 0.710. The number of aromatic nitrogens is 1. The molecule has 0 spiro atoms. The Hall–Kier alpha value is -4.50. The molecule has 4 heteroatoms. The van der Waals surface area contributed by atoms with Gasteiger partial charge in [0.2, 0.25) is 0 Å². The molecule has 0 bridgehead atoms. The van der Waals surface area contributed by atoms with Crippen molar-refractivity contribution in [3.8, 4) is 16.8 Å². The van der Waals surface area contributed by atoms with E-state index in [0.717, 1.165) is 29.0 Å².